The van der Waals surface area contributed by atoms with Crippen LogP contribution in [0.4, 0.5) is 0 Å². The summed E-state index contributed by atoms with van der Waals surface area (Å²) in [5, 5.41) is 3.61. The molecule has 0 radical (unpaired) electrons. The van der Waals surface area contributed by atoms with Crippen molar-refractivity contribution in [3.8, 4) is 0 Å². The number of hydrogen-bond donors (Lipinski definition) is 1. The number of nitrogens with zero attached hydrogens (tertiary/aromatic N) is 1. The first-order valence-electron chi connectivity index (χ1n) is 7.06. The molecule has 0 spiro atoms. The van der Waals surface area contributed by atoms with Crippen molar-refractivity contribution < 1.29 is 9.53 Å². The zero-order chi connectivity index (χ0) is 15.1. The standard InChI is InChI=1S/C15H30N2O2/c1-14(2,3)12(10-18)8-7-9-13(17-16)11-19-15(4,5)6/h10,12-13,16H,7-9,11H2,1-6H3. The van der Waals surface area contributed by atoms with Gasteiger partial charge < -0.3 is 9.53 Å². The van der Waals surface area contributed by atoms with Crippen molar-refractivity contribution in [3.63, 3.8) is 0 Å². The monoisotopic (exact) mass is 270 g/mol. The van der Waals surface area contributed by atoms with E-state index in [1.165, 1.54) is 0 Å². The van der Waals surface area contributed by atoms with Crippen molar-refractivity contribution in [2.24, 2.45) is 16.4 Å². The summed E-state index contributed by atoms with van der Waals surface area (Å²) in [6.07, 6.45) is 3.62. The molecule has 0 aliphatic carbocycles. The average Bonchev–Trinajstić information content (AvgIpc) is 2.25. The van der Waals surface area contributed by atoms with Crippen LogP contribution in [0.25, 0.3) is 0 Å². The summed E-state index contributed by atoms with van der Waals surface area (Å²) in [7, 11) is 0. The van der Waals surface area contributed by atoms with E-state index in [4.69, 9.17) is 10.3 Å². The molecule has 112 valence electrons. The smallest absolute Gasteiger partial charge is 0.123 e. The fraction of sp³-hybridized carbons (Fsp3) is 0.933. The summed E-state index contributed by atoms with van der Waals surface area (Å²) < 4.78 is 5.65. The molecule has 0 aliphatic heterocycles. The second-order valence-corrected chi connectivity index (χ2v) is 7.25. The first kappa shape index (κ1) is 18.2. The number of ether oxygens (including phenoxy) is 1. The Labute approximate surface area is 117 Å². The summed E-state index contributed by atoms with van der Waals surface area (Å²) in [6, 6.07) is -0.0912. The molecule has 0 amide bonds. The molecular weight excluding hydrogens is 240 g/mol. The normalized spacial score (nSPS) is 15.9. The minimum absolute atomic E-state index is 0.0112. The van der Waals surface area contributed by atoms with E-state index in [0.29, 0.717) is 6.61 Å². The largest absolute Gasteiger partial charge is 0.374 e. The summed E-state index contributed by atoms with van der Waals surface area (Å²) in [5.41, 5.74) is 7.01. The molecule has 19 heavy (non-hydrogen) atoms. The fourth-order valence-corrected chi connectivity index (χ4v) is 1.81. The molecule has 4 heteroatoms. The lowest BCUT2D eigenvalue weighted by Crippen LogP contribution is -2.26. The lowest BCUT2D eigenvalue weighted by molar-refractivity contribution is -0.114. The van der Waals surface area contributed by atoms with Crippen LogP contribution in [0.15, 0.2) is 5.11 Å². The molecule has 0 heterocycles. The maximum Gasteiger partial charge on any atom is 0.123 e. The van der Waals surface area contributed by atoms with E-state index in [0.717, 1.165) is 25.5 Å². The van der Waals surface area contributed by atoms with Crippen LogP contribution >= 0.6 is 0 Å². The van der Waals surface area contributed by atoms with E-state index >= 15 is 0 Å². The topological polar surface area (TPSA) is 62.5 Å². The molecule has 4 nitrogen and oxygen atoms in total. The first-order chi connectivity index (χ1) is 8.60. The van der Waals surface area contributed by atoms with Gasteiger partial charge in [0, 0.05) is 5.92 Å². The number of aldehydes is 1. The number of carbonyl (C=O) groups is 1. The van der Waals surface area contributed by atoms with Crippen molar-refractivity contribution in [1.82, 2.24) is 0 Å². The molecule has 0 saturated heterocycles. The molecule has 1 N–H and O–H groups in total. The Kier molecular flexibility index (Phi) is 7.42. The van der Waals surface area contributed by atoms with Gasteiger partial charge in [-0.3, -0.25) is 0 Å². The van der Waals surface area contributed by atoms with Gasteiger partial charge in [-0.15, -0.1) is 0 Å². The van der Waals surface area contributed by atoms with Crippen LogP contribution in [0.5, 0.6) is 0 Å². The van der Waals surface area contributed by atoms with Crippen molar-refractivity contribution in [2.75, 3.05) is 6.61 Å². The number of carbonyl (C=O) groups excluding carboxylic acids is 1. The lowest BCUT2D eigenvalue weighted by Gasteiger charge is -2.26. The van der Waals surface area contributed by atoms with Crippen LogP contribution < -0.4 is 0 Å². The summed E-state index contributed by atoms with van der Waals surface area (Å²) in [4.78, 5) is 11.1. The third-order valence-corrected chi connectivity index (χ3v) is 3.22. The highest BCUT2D eigenvalue weighted by Crippen LogP contribution is 2.28. The molecule has 0 bridgehead atoms. The van der Waals surface area contributed by atoms with Gasteiger partial charge in [-0.2, -0.15) is 5.11 Å². The highest BCUT2D eigenvalue weighted by molar-refractivity contribution is 5.54. The zero-order valence-corrected chi connectivity index (χ0v) is 13.3. The molecule has 0 aromatic carbocycles. The van der Waals surface area contributed by atoms with Crippen molar-refractivity contribution >= 4 is 6.29 Å². The Hall–Kier alpha value is -0.770. The van der Waals surface area contributed by atoms with E-state index in [9.17, 15) is 4.79 Å². The maximum absolute atomic E-state index is 11.1. The van der Waals surface area contributed by atoms with Crippen LogP contribution in [0.1, 0.15) is 60.8 Å². The Bertz CT molecular complexity index is 277. The Morgan fingerprint density at radius 3 is 2.11 bits per heavy atom. The highest BCUT2D eigenvalue weighted by Gasteiger charge is 2.24. The van der Waals surface area contributed by atoms with Gasteiger partial charge in [0.15, 0.2) is 0 Å². The number of nitrogens with one attached hydrogen (secondary N) is 1. The van der Waals surface area contributed by atoms with Gasteiger partial charge in [0.1, 0.15) is 6.29 Å². The van der Waals surface area contributed by atoms with Crippen LogP contribution in [-0.4, -0.2) is 24.5 Å². The predicted molar refractivity (Wildman–Crippen MR) is 77.5 cm³/mol. The van der Waals surface area contributed by atoms with Gasteiger partial charge in [0.2, 0.25) is 0 Å². The molecule has 2 unspecified atom stereocenters. The number of hydrogen-bond acceptors (Lipinski definition) is 4. The minimum atomic E-state index is -0.195. The SMILES string of the molecule is CC(C)(C)OCC(CCCC(C=O)C(C)(C)C)N=N. The van der Waals surface area contributed by atoms with Gasteiger partial charge in [-0.25, -0.2) is 5.53 Å². The minimum Gasteiger partial charge on any atom is -0.374 e. The molecule has 0 aromatic heterocycles. The van der Waals surface area contributed by atoms with Gasteiger partial charge in [-0.1, -0.05) is 27.2 Å². The van der Waals surface area contributed by atoms with Gasteiger partial charge in [0.05, 0.1) is 18.2 Å². The van der Waals surface area contributed by atoms with Gasteiger partial charge in [-0.05, 0) is 39.0 Å². The molecule has 2 atom stereocenters. The highest BCUT2D eigenvalue weighted by atomic mass is 16.5. The number of rotatable bonds is 8. The molecule has 0 fully saturated rings. The van der Waals surface area contributed by atoms with Crippen molar-refractivity contribution in [1.29, 1.82) is 5.53 Å². The Morgan fingerprint density at radius 1 is 1.16 bits per heavy atom. The van der Waals surface area contributed by atoms with Crippen LogP contribution in [0.3, 0.4) is 0 Å². The van der Waals surface area contributed by atoms with Crippen LogP contribution in [0, 0.1) is 16.9 Å². The first-order valence-corrected chi connectivity index (χ1v) is 7.06. The van der Waals surface area contributed by atoms with E-state index in [-0.39, 0.29) is 23.0 Å². The fourth-order valence-electron chi connectivity index (χ4n) is 1.81. The van der Waals surface area contributed by atoms with Crippen LogP contribution in [-0.2, 0) is 9.53 Å². The van der Waals surface area contributed by atoms with E-state index in [2.05, 4.69) is 25.9 Å². The lowest BCUT2D eigenvalue weighted by atomic mass is 9.78. The summed E-state index contributed by atoms with van der Waals surface area (Å²) in [5.74, 6) is 0.0717. The van der Waals surface area contributed by atoms with Gasteiger partial charge in [0.25, 0.3) is 0 Å². The molecule has 0 aromatic rings. The van der Waals surface area contributed by atoms with Crippen molar-refractivity contribution in [3.05, 3.63) is 0 Å². The average molecular weight is 270 g/mol. The van der Waals surface area contributed by atoms with E-state index < -0.39 is 0 Å². The third-order valence-electron chi connectivity index (χ3n) is 3.22. The van der Waals surface area contributed by atoms with Crippen LogP contribution in [0.2, 0.25) is 0 Å². The third kappa shape index (κ3) is 8.87. The Balaban J connectivity index is 4.08. The summed E-state index contributed by atoms with van der Waals surface area (Å²) in [6.45, 7) is 12.7. The van der Waals surface area contributed by atoms with Crippen molar-refractivity contribution in [2.45, 2.75) is 72.4 Å². The Morgan fingerprint density at radius 2 is 1.74 bits per heavy atom. The molecular formula is C15H30N2O2. The zero-order valence-electron chi connectivity index (χ0n) is 13.3. The second-order valence-electron chi connectivity index (χ2n) is 7.25. The quantitative estimate of drug-likeness (QED) is 0.530. The molecule has 0 rings (SSSR count). The predicted octanol–water partition coefficient (Wildman–Crippen LogP) is 4.23. The summed E-state index contributed by atoms with van der Waals surface area (Å²) >= 11 is 0. The van der Waals surface area contributed by atoms with Gasteiger partial charge >= 0.3 is 0 Å². The molecule has 0 saturated carbocycles. The second kappa shape index (κ2) is 7.73. The van der Waals surface area contributed by atoms with E-state index in [1.54, 1.807) is 0 Å². The maximum atomic E-state index is 11.1. The van der Waals surface area contributed by atoms with E-state index in [1.807, 2.05) is 20.8 Å². The molecule has 0 aliphatic rings.